The summed E-state index contributed by atoms with van der Waals surface area (Å²) in [5.41, 5.74) is 5.09. The van der Waals surface area contributed by atoms with Gasteiger partial charge < -0.3 is 5.32 Å². The number of carbonyl (C=O) groups is 1. The molecule has 0 unspecified atom stereocenters. The molecule has 29 heavy (non-hydrogen) atoms. The number of hydrogen-bond donors (Lipinski definition) is 1. The van der Waals surface area contributed by atoms with Crippen LogP contribution in [-0.4, -0.2) is 30.3 Å². The van der Waals surface area contributed by atoms with Crippen LogP contribution in [0.3, 0.4) is 0 Å². The molecule has 8 heteroatoms. The van der Waals surface area contributed by atoms with Gasteiger partial charge in [-0.25, -0.2) is 9.50 Å². The number of aryl methyl sites for hydroxylation is 1. The lowest BCUT2D eigenvalue weighted by Crippen LogP contribution is -2.08. The second-order valence-corrected chi connectivity index (χ2v) is 6.54. The summed E-state index contributed by atoms with van der Waals surface area (Å²) in [7, 11) is 1.86. The van der Waals surface area contributed by atoms with Crippen LogP contribution in [0, 0.1) is 11.3 Å². The molecule has 0 aromatic carbocycles. The third-order valence-electron chi connectivity index (χ3n) is 4.51. The number of amides is 1. The number of carbonyl (C=O) groups excluding carboxylic acids is 1. The zero-order valence-electron chi connectivity index (χ0n) is 15.7. The fourth-order valence-corrected chi connectivity index (χ4v) is 3.15. The molecule has 8 nitrogen and oxygen atoms in total. The van der Waals surface area contributed by atoms with E-state index in [4.69, 9.17) is 0 Å². The smallest absolute Gasteiger partial charge is 0.248 e. The van der Waals surface area contributed by atoms with Crippen LogP contribution in [0.2, 0.25) is 0 Å². The van der Waals surface area contributed by atoms with Gasteiger partial charge in [0.2, 0.25) is 5.91 Å². The van der Waals surface area contributed by atoms with Gasteiger partial charge in [-0.3, -0.25) is 9.48 Å². The SMILES string of the molecule is C=CC(=O)Nc1ccc(Cc2cc(-c3cnn(C)c3)cn3ncc(C#N)c23)cn1. The highest BCUT2D eigenvalue weighted by molar-refractivity contribution is 5.98. The van der Waals surface area contributed by atoms with Crippen molar-refractivity contribution in [3.05, 3.63) is 78.5 Å². The minimum absolute atomic E-state index is 0.311. The summed E-state index contributed by atoms with van der Waals surface area (Å²) in [6, 6.07) is 7.88. The molecule has 0 radical (unpaired) electrons. The van der Waals surface area contributed by atoms with E-state index in [0.717, 1.165) is 27.8 Å². The molecule has 1 N–H and O–H groups in total. The number of pyridine rings is 2. The van der Waals surface area contributed by atoms with Gasteiger partial charge in [-0.1, -0.05) is 12.6 Å². The monoisotopic (exact) mass is 383 g/mol. The first-order valence-electron chi connectivity index (χ1n) is 8.85. The number of nitrogens with zero attached hydrogens (tertiary/aromatic N) is 6. The van der Waals surface area contributed by atoms with Crippen LogP contribution in [0.4, 0.5) is 5.82 Å². The summed E-state index contributed by atoms with van der Waals surface area (Å²) in [5.74, 6) is 0.143. The maximum Gasteiger partial charge on any atom is 0.248 e. The van der Waals surface area contributed by atoms with E-state index in [0.29, 0.717) is 17.8 Å². The standard InChI is InChI=1S/C21H17N7O/c1-3-20(29)26-19-5-4-14(9-23-19)6-15-7-16(18-11-24-27(2)12-18)13-28-21(15)17(8-22)10-25-28/h3-5,7,9-13H,1,6H2,2H3,(H,23,26,29). The Hall–Kier alpha value is -4.25. The van der Waals surface area contributed by atoms with Gasteiger partial charge >= 0.3 is 0 Å². The number of anilines is 1. The first kappa shape index (κ1) is 18.1. The second-order valence-electron chi connectivity index (χ2n) is 6.54. The molecule has 0 aliphatic heterocycles. The van der Waals surface area contributed by atoms with Gasteiger partial charge in [-0.15, -0.1) is 0 Å². The molecular weight excluding hydrogens is 366 g/mol. The minimum Gasteiger partial charge on any atom is -0.307 e. The molecule has 4 heterocycles. The van der Waals surface area contributed by atoms with Crippen molar-refractivity contribution in [1.29, 1.82) is 5.26 Å². The Morgan fingerprint density at radius 1 is 1.24 bits per heavy atom. The molecule has 0 aliphatic carbocycles. The molecule has 4 aromatic rings. The normalized spacial score (nSPS) is 10.6. The molecule has 0 atom stereocenters. The van der Waals surface area contributed by atoms with Gasteiger partial charge in [0, 0.05) is 43.2 Å². The molecule has 142 valence electrons. The first-order valence-corrected chi connectivity index (χ1v) is 8.85. The predicted octanol–water partition coefficient (Wildman–Crippen LogP) is 2.72. The lowest BCUT2D eigenvalue weighted by atomic mass is 10.0. The molecule has 4 rings (SSSR count). The highest BCUT2D eigenvalue weighted by Crippen LogP contribution is 2.26. The van der Waals surface area contributed by atoms with Crippen molar-refractivity contribution in [2.75, 3.05) is 5.32 Å². The van der Waals surface area contributed by atoms with Crippen LogP contribution in [0.1, 0.15) is 16.7 Å². The van der Waals surface area contributed by atoms with Crippen LogP contribution in [0.25, 0.3) is 16.6 Å². The Kier molecular flexibility index (Phi) is 4.63. The van der Waals surface area contributed by atoms with Crippen LogP contribution in [0.5, 0.6) is 0 Å². The maximum absolute atomic E-state index is 11.4. The topological polar surface area (TPSA) is 101 Å². The fraction of sp³-hybridized carbons (Fsp3) is 0.0952. The van der Waals surface area contributed by atoms with Gasteiger partial charge in [-0.2, -0.15) is 15.5 Å². The zero-order chi connectivity index (χ0) is 20.4. The molecule has 4 aromatic heterocycles. The Balaban J connectivity index is 1.73. The van der Waals surface area contributed by atoms with E-state index >= 15 is 0 Å². The van der Waals surface area contributed by atoms with Crippen molar-refractivity contribution < 1.29 is 4.79 Å². The highest BCUT2D eigenvalue weighted by atomic mass is 16.1. The zero-order valence-corrected chi connectivity index (χ0v) is 15.7. The maximum atomic E-state index is 11.4. The van der Waals surface area contributed by atoms with Crippen LogP contribution < -0.4 is 5.32 Å². The van der Waals surface area contributed by atoms with Gasteiger partial charge in [0.05, 0.1) is 23.5 Å². The van der Waals surface area contributed by atoms with E-state index in [1.807, 2.05) is 31.6 Å². The molecule has 0 saturated heterocycles. The highest BCUT2D eigenvalue weighted by Gasteiger charge is 2.13. The Morgan fingerprint density at radius 3 is 2.76 bits per heavy atom. The number of nitrogens with one attached hydrogen (secondary N) is 1. The van der Waals surface area contributed by atoms with E-state index in [9.17, 15) is 10.1 Å². The van der Waals surface area contributed by atoms with Gasteiger partial charge in [0.15, 0.2) is 0 Å². The first-order chi connectivity index (χ1) is 14.1. The summed E-state index contributed by atoms with van der Waals surface area (Å²) in [6.07, 6.45) is 10.6. The van der Waals surface area contributed by atoms with Crippen LogP contribution in [-0.2, 0) is 18.3 Å². The van der Waals surface area contributed by atoms with Gasteiger partial charge in [-0.05, 0) is 29.3 Å². The van der Waals surface area contributed by atoms with Crippen LogP contribution in [0.15, 0.2) is 61.8 Å². The van der Waals surface area contributed by atoms with Crippen molar-refractivity contribution in [2.45, 2.75) is 6.42 Å². The summed E-state index contributed by atoms with van der Waals surface area (Å²) in [4.78, 5) is 15.7. The molecule has 0 spiro atoms. The van der Waals surface area contributed by atoms with Crippen molar-refractivity contribution in [3.8, 4) is 17.2 Å². The van der Waals surface area contributed by atoms with Gasteiger partial charge in [0.1, 0.15) is 11.9 Å². The van der Waals surface area contributed by atoms with Crippen molar-refractivity contribution in [1.82, 2.24) is 24.4 Å². The lowest BCUT2D eigenvalue weighted by molar-refractivity contribution is -0.111. The number of fused-ring (bicyclic) bond motifs is 1. The van der Waals surface area contributed by atoms with E-state index in [1.54, 1.807) is 33.9 Å². The summed E-state index contributed by atoms with van der Waals surface area (Å²) in [5, 5.41) is 20.7. The third-order valence-corrected chi connectivity index (χ3v) is 4.51. The average Bonchev–Trinajstić information content (AvgIpc) is 3.35. The number of rotatable bonds is 5. The largest absolute Gasteiger partial charge is 0.307 e. The predicted molar refractivity (Wildman–Crippen MR) is 108 cm³/mol. The number of hydrogen-bond acceptors (Lipinski definition) is 5. The lowest BCUT2D eigenvalue weighted by Gasteiger charge is -2.09. The van der Waals surface area contributed by atoms with E-state index in [1.165, 1.54) is 6.08 Å². The summed E-state index contributed by atoms with van der Waals surface area (Å²) >= 11 is 0. The quantitative estimate of drug-likeness (QED) is 0.534. The third kappa shape index (κ3) is 3.61. The molecule has 0 bridgehead atoms. The van der Waals surface area contributed by atoms with Crippen LogP contribution >= 0.6 is 0 Å². The van der Waals surface area contributed by atoms with Crippen molar-refractivity contribution in [2.24, 2.45) is 7.05 Å². The summed E-state index contributed by atoms with van der Waals surface area (Å²) in [6.45, 7) is 3.42. The molecule has 0 saturated carbocycles. The molecular formula is C21H17N7O. The van der Waals surface area contributed by atoms with E-state index < -0.39 is 0 Å². The van der Waals surface area contributed by atoms with Gasteiger partial charge in [0.25, 0.3) is 0 Å². The Morgan fingerprint density at radius 2 is 2.10 bits per heavy atom. The number of aromatic nitrogens is 5. The molecule has 1 amide bonds. The second kappa shape index (κ2) is 7.40. The van der Waals surface area contributed by atoms with Crippen molar-refractivity contribution >= 4 is 17.2 Å². The van der Waals surface area contributed by atoms with E-state index in [2.05, 4.69) is 33.1 Å². The van der Waals surface area contributed by atoms with E-state index in [-0.39, 0.29) is 5.91 Å². The molecule has 0 aliphatic rings. The number of nitriles is 1. The van der Waals surface area contributed by atoms with Crippen molar-refractivity contribution in [3.63, 3.8) is 0 Å². The summed E-state index contributed by atoms with van der Waals surface area (Å²) < 4.78 is 3.46. The Bertz CT molecular complexity index is 1260. The Labute approximate surface area is 166 Å². The average molecular weight is 383 g/mol. The minimum atomic E-state index is -0.311. The molecule has 0 fully saturated rings. The fourth-order valence-electron chi connectivity index (χ4n) is 3.15.